The minimum Gasteiger partial charge on any atom is -0.497 e. The van der Waals surface area contributed by atoms with Crippen LogP contribution in [-0.4, -0.2) is 36.2 Å². The lowest BCUT2D eigenvalue weighted by Crippen LogP contribution is -2.48. The Labute approximate surface area is 144 Å². The van der Waals surface area contributed by atoms with E-state index in [4.69, 9.17) is 14.9 Å². The van der Waals surface area contributed by atoms with Gasteiger partial charge in [0, 0.05) is 12.6 Å². The molecule has 3 aromatic rings. The fourth-order valence-electron chi connectivity index (χ4n) is 2.76. The van der Waals surface area contributed by atoms with Gasteiger partial charge in [0.15, 0.2) is 0 Å². The number of ether oxygens (including phenoxy) is 1. The van der Waals surface area contributed by atoms with E-state index in [0.29, 0.717) is 17.5 Å². The molecular formula is C18H17N5O2. The Balaban J connectivity index is 1.74. The molecule has 1 aliphatic rings. The van der Waals surface area contributed by atoms with Crippen LogP contribution in [0.25, 0.3) is 11.5 Å². The molecule has 0 saturated carbocycles. The van der Waals surface area contributed by atoms with Crippen LogP contribution >= 0.6 is 0 Å². The van der Waals surface area contributed by atoms with Gasteiger partial charge in [-0.3, -0.25) is 0 Å². The number of rotatable bonds is 3. The Bertz CT molecular complexity index is 950. The van der Waals surface area contributed by atoms with Crippen LogP contribution in [0, 0.1) is 0 Å². The van der Waals surface area contributed by atoms with E-state index in [9.17, 15) is 0 Å². The Hall–Kier alpha value is -3.19. The van der Waals surface area contributed by atoms with E-state index in [1.165, 1.54) is 0 Å². The van der Waals surface area contributed by atoms with Crippen molar-refractivity contribution in [3.8, 4) is 17.2 Å². The van der Waals surface area contributed by atoms with Gasteiger partial charge in [0.25, 0.3) is 5.89 Å². The Morgan fingerprint density at radius 2 is 1.88 bits per heavy atom. The molecule has 0 radical (unpaired) electrons. The molecule has 0 saturated heterocycles. The van der Waals surface area contributed by atoms with E-state index in [2.05, 4.69) is 15.2 Å². The molecule has 7 heteroatoms. The number of methoxy groups -OCH3 is 1. The Morgan fingerprint density at radius 1 is 1.08 bits per heavy atom. The lowest BCUT2D eigenvalue weighted by atomic mass is 10.1. The molecule has 0 amide bonds. The average Bonchev–Trinajstić information content (AvgIpc) is 3.15. The number of para-hydroxylation sites is 2. The number of anilines is 1. The van der Waals surface area contributed by atoms with Gasteiger partial charge in [-0.05, 0) is 30.3 Å². The van der Waals surface area contributed by atoms with Gasteiger partial charge in [-0.25, -0.2) is 4.99 Å². The van der Waals surface area contributed by atoms with Gasteiger partial charge in [-0.2, -0.15) is 0 Å². The molecule has 0 bridgehead atoms. The summed E-state index contributed by atoms with van der Waals surface area (Å²) >= 11 is 0. The first-order valence-corrected chi connectivity index (χ1v) is 7.81. The highest BCUT2D eigenvalue weighted by Gasteiger charge is 2.29. The maximum Gasteiger partial charge on any atom is 0.266 e. The van der Waals surface area contributed by atoms with Gasteiger partial charge < -0.3 is 19.8 Å². The smallest absolute Gasteiger partial charge is 0.266 e. The minimum atomic E-state index is -0.464. The number of aromatic nitrogens is 2. The molecule has 126 valence electrons. The number of benzene rings is 2. The van der Waals surface area contributed by atoms with Crippen molar-refractivity contribution in [3.05, 3.63) is 54.4 Å². The van der Waals surface area contributed by atoms with Gasteiger partial charge in [0.1, 0.15) is 17.6 Å². The summed E-state index contributed by atoms with van der Waals surface area (Å²) in [6, 6.07) is 15.2. The number of hydrogen-bond donors (Lipinski definition) is 1. The molecule has 0 spiro atoms. The standard InChI is InChI=1S/C18H17N5O2/c1-23-14-9-4-3-8-13(14)20-15(16(23)19)18-22-21-17(25-18)11-6-5-7-12(10-11)24-2/h3-10,16H,19H2,1-2H3. The van der Waals surface area contributed by atoms with Crippen LogP contribution in [0.2, 0.25) is 0 Å². The van der Waals surface area contributed by atoms with E-state index < -0.39 is 6.17 Å². The zero-order chi connectivity index (χ0) is 17.4. The summed E-state index contributed by atoms with van der Waals surface area (Å²) in [6.07, 6.45) is -0.464. The highest BCUT2D eigenvalue weighted by Crippen LogP contribution is 2.33. The minimum absolute atomic E-state index is 0.312. The number of nitrogens with two attached hydrogens (primary N) is 1. The number of fused-ring (bicyclic) bond motifs is 1. The first-order valence-electron chi connectivity index (χ1n) is 7.81. The third kappa shape index (κ3) is 2.64. The largest absolute Gasteiger partial charge is 0.497 e. The van der Waals surface area contributed by atoms with E-state index in [-0.39, 0.29) is 0 Å². The SMILES string of the molecule is COc1cccc(-c2nnc(C3=Nc4ccccc4N(C)C3N)o2)c1. The second kappa shape index (κ2) is 6.03. The van der Waals surface area contributed by atoms with Crippen LogP contribution in [0.3, 0.4) is 0 Å². The zero-order valence-corrected chi connectivity index (χ0v) is 13.9. The van der Waals surface area contributed by atoms with Crippen molar-refractivity contribution < 1.29 is 9.15 Å². The van der Waals surface area contributed by atoms with Crippen LogP contribution in [0.5, 0.6) is 5.75 Å². The quantitative estimate of drug-likeness (QED) is 0.791. The van der Waals surface area contributed by atoms with Gasteiger partial charge in [0.2, 0.25) is 5.89 Å². The van der Waals surface area contributed by atoms with Gasteiger partial charge in [-0.1, -0.05) is 18.2 Å². The molecule has 7 nitrogen and oxygen atoms in total. The molecule has 1 unspecified atom stereocenters. The summed E-state index contributed by atoms with van der Waals surface area (Å²) in [5.41, 5.74) is 9.42. The Morgan fingerprint density at radius 3 is 2.72 bits per heavy atom. The first kappa shape index (κ1) is 15.3. The second-order valence-corrected chi connectivity index (χ2v) is 5.69. The third-order valence-electron chi connectivity index (χ3n) is 4.16. The summed E-state index contributed by atoms with van der Waals surface area (Å²) in [7, 11) is 3.53. The van der Waals surface area contributed by atoms with E-state index >= 15 is 0 Å². The number of likely N-dealkylation sites (N-methyl/N-ethyl adjacent to an activating group) is 1. The lowest BCUT2D eigenvalue weighted by molar-refractivity contribution is 0.414. The van der Waals surface area contributed by atoms with Crippen molar-refractivity contribution in [2.24, 2.45) is 10.7 Å². The maximum atomic E-state index is 6.31. The van der Waals surface area contributed by atoms with Crippen molar-refractivity contribution in [2.75, 3.05) is 19.1 Å². The summed E-state index contributed by atoms with van der Waals surface area (Å²) in [5.74, 6) is 1.43. The zero-order valence-electron chi connectivity index (χ0n) is 13.9. The molecule has 2 N–H and O–H groups in total. The lowest BCUT2D eigenvalue weighted by Gasteiger charge is -2.31. The molecule has 1 atom stereocenters. The summed E-state index contributed by atoms with van der Waals surface area (Å²) in [6.45, 7) is 0. The predicted octanol–water partition coefficient (Wildman–Crippen LogP) is 2.60. The Kier molecular flexibility index (Phi) is 3.70. The highest BCUT2D eigenvalue weighted by atomic mass is 16.5. The third-order valence-corrected chi connectivity index (χ3v) is 4.16. The number of hydrogen-bond acceptors (Lipinski definition) is 7. The fraction of sp³-hybridized carbons (Fsp3) is 0.167. The first-order chi connectivity index (χ1) is 12.2. The van der Waals surface area contributed by atoms with Crippen molar-refractivity contribution in [2.45, 2.75) is 6.17 Å². The molecule has 1 aliphatic heterocycles. The molecule has 0 aliphatic carbocycles. The topological polar surface area (TPSA) is 89.8 Å². The van der Waals surface area contributed by atoms with Crippen LogP contribution in [-0.2, 0) is 0 Å². The molecule has 0 fully saturated rings. The molecule has 25 heavy (non-hydrogen) atoms. The fourth-order valence-corrected chi connectivity index (χ4v) is 2.76. The highest BCUT2D eigenvalue weighted by molar-refractivity contribution is 6.06. The molecule has 4 rings (SSSR count). The molecule has 2 aromatic carbocycles. The molecule has 2 heterocycles. The van der Waals surface area contributed by atoms with Crippen molar-refractivity contribution in [1.82, 2.24) is 10.2 Å². The van der Waals surface area contributed by atoms with Gasteiger partial charge >= 0.3 is 0 Å². The van der Waals surface area contributed by atoms with Gasteiger partial charge in [-0.15, -0.1) is 10.2 Å². The number of aliphatic imine (C=N–C) groups is 1. The van der Waals surface area contributed by atoms with Crippen LogP contribution in [0.4, 0.5) is 11.4 Å². The van der Waals surface area contributed by atoms with Crippen molar-refractivity contribution >= 4 is 17.1 Å². The van der Waals surface area contributed by atoms with E-state index in [1.807, 2.05) is 60.5 Å². The predicted molar refractivity (Wildman–Crippen MR) is 95.3 cm³/mol. The van der Waals surface area contributed by atoms with Crippen molar-refractivity contribution in [3.63, 3.8) is 0 Å². The van der Waals surface area contributed by atoms with Crippen LogP contribution < -0.4 is 15.4 Å². The monoisotopic (exact) mass is 335 g/mol. The number of nitrogens with zero attached hydrogens (tertiary/aromatic N) is 4. The van der Waals surface area contributed by atoms with E-state index in [0.717, 1.165) is 22.7 Å². The molecule has 1 aromatic heterocycles. The molecular weight excluding hydrogens is 318 g/mol. The summed E-state index contributed by atoms with van der Waals surface area (Å²) in [5, 5.41) is 8.26. The van der Waals surface area contributed by atoms with Gasteiger partial charge in [0.05, 0.1) is 18.5 Å². The summed E-state index contributed by atoms with van der Waals surface area (Å²) in [4.78, 5) is 6.55. The maximum absolute atomic E-state index is 6.31. The van der Waals surface area contributed by atoms with Crippen molar-refractivity contribution in [1.29, 1.82) is 0 Å². The average molecular weight is 335 g/mol. The van der Waals surface area contributed by atoms with Crippen LogP contribution in [0.15, 0.2) is 57.9 Å². The summed E-state index contributed by atoms with van der Waals surface area (Å²) < 4.78 is 11.1. The van der Waals surface area contributed by atoms with E-state index in [1.54, 1.807) is 7.11 Å². The second-order valence-electron chi connectivity index (χ2n) is 5.69. The van der Waals surface area contributed by atoms with Crippen LogP contribution in [0.1, 0.15) is 5.89 Å². The normalized spacial score (nSPS) is 16.4.